The van der Waals surface area contributed by atoms with E-state index in [1.54, 1.807) is 22.9 Å². The van der Waals surface area contributed by atoms with Crippen molar-refractivity contribution in [3.05, 3.63) is 54.9 Å². The molecule has 4 aromatic rings. The third kappa shape index (κ3) is 2.18. The van der Waals surface area contributed by atoms with Crippen molar-refractivity contribution in [2.45, 2.75) is 4.90 Å². The number of aromatic nitrogens is 2. The van der Waals surface area contributed by atoms with E-state index >= 15 is 0 Å². The number of aryl methyl sites for hydroxylation is 1. The number of hydrogen-bond acceptors (Lipinski definition) is 3. The van der Waals surface area contributed by atoms with Crippen LogP contribution in [0.4, 0.5) is 0 Å². The van der Waals surface area contributed by atoms with Crippen LogP contribution >= 0.6 is 0 Å². The number of benzene rings is 2. The van der Waals surface area contributed by atoms with E-state index in [-0.39, 0.29) is 10.8 Å². The van der Waals surface area contributed by atoms with Crippen molar-refractivity contribution in [3.8, 4) is 11.6 Å². The van der Waals surface area contributed by atoms with E-state index in [1.165, 1.54) is 6.07 Å². The molecule has 0 fully saturated rings. The van der Waals surface area contributed by atoms with E-state index in [0.29, 0.717) is 5.39 Å². The molecule has 0 amide bonds. The number of sulfone groups is 1. The predicted octanol–water partition coefficient (Wildman–Crippen LogP) is 3.23. The second kappa shape index (κ2) is 4.88. The summed E-state index contributed by atoms with van der Waals surface area (Å²) in [6.45, 7) is 0. The minimum atomic E-state index is -3.32. The minimum absolute atomic E-state index is 0.0331. The molecule has 0 radical (unpaired) electrons. The van der Waals surface area contributed by atoms with Crippen LogP contribution in [0.3, 0.4) is 0 Å². The Morgan fingerprint density at radius 3 is 2.54 bits per heavy atom. The van der Waals surface area contributed by atoms with E-state index in [4.69, 9.17) is 0 Å². The van der Waals surface area contributed by atoms with Gasteiger partial charge in [-0.1, -0.05) is 6.07 Å². The summed E-state index contributed by atoms with van der Waals surface area (Å²) in [6.07, 6.45) is 4.95. The maximum atomic E-state index is 11.7. The van der Waals surface area contributed by atoms with E-state index < -0.39 is 9.84 Å². The van der Waals surface area contributed by atoms with Crippen LogP contribution in [-0.2, 0) is 16.9 Å². The molecule has 0 atom stereocenters. The quantitative estimate of drug-likeness (QED) is 0.609. The highest BCUT2D eigenvalue weighted by Crippen LogP contribution is 2.32. The number of hydrogen-bond donors (Lipinski definition) is 1. The van der Waals surface area contributed by atoms with Gasteiger partial charge in [0, 0.05) is 53.1 Å². The Bertz CT molecular complexity index is 1200. The predicted molar refractivity (Wildman–Crippen MR) is 94.5 cm³/mol. The fourth-order valence-electron chi connectivity index (χ4n) is 3.02. The lowest BCUT2D eigenvalue weighted by atomic mass is 10.2. The number of aromatic hydroxyl groups is 1. The molecule has 0 saturated carbocycles. The smallest absolute Gasteiger partial charge is 0.203 e. The molecular formula is C18H16N2O3S. The van der Waals surface area contributed by atoms with E-state index in [0.717, 1.165) is 28.2 Å². The van der Waals surface area contributed by atoms with Gasteiger partial charge in [-0.25, -0.2) is 8.42 Å². The molecular weight excluding hydrogens is 324 g/mol. The van der Waals surface area contributed by atoms with Crippen LogP contribution in [0.2, 0.25) is 0 Å². The molecule has 24 heavy (non-hydrogen) atoms. The lowest BCUT2D eigenvalue weighted by molar-refractivity contribution is 0.448. The van der Waals surface area contributed by atoms with Gasteiger partial charge >= 0.3 is 0 Å². The van der Waals surface area contributed by atoms with Gasteiger partial charge in [-0.05, 0) is 36.4 Å². The zero-order valence-electron chi connectivity index (χ0n) is 13.3. The van der Waals surface area contributed by atoms with Gasteiger partial charge in [0.05, 0.1) is 4.90 Å². The fourth-order valence-corrected chi connectivity index (χ4v) is 3.67. The van der Waals surface area contributed by atoms with Crippen molar-refractivity contribution >= 4 is 31.5 Å². The molecule has 122 valence electrons. The first-order valence-electron chi connectivity index (χ1n) is 7.44. The standard InChI is InChI=1S/C18H16N2O3S/c1-19-8-7-12-9-14(4-6-17(12)19)20-11-13-3-5-15(24(2,22)23)10-16(13)18(20)21/h3-11,21H,1-2H3. The Kier molecular flexibility index (Phi) is 3.02. The van der Waals surface area contributed by atoms with Crippen LogP contribution < -0.4 is 0 Å². The first kappa shape index (κ1) is 14.8. The average Bonchev–Trinajstić information content (AvgIpc) is 3.07. The van der Waals surface area contributed by atoms with Crippen molar-refractivity contribution in [2.75, 3.05) is 6.26 Å². The topological polar surface area (TPSA) is 64.2 Å². The SMILES string of the molecule is Cn1ccc2cc(-n3cc4ccc(S(C)(=O)=O)cc4c3O)ccc21. The van der Waals surface area contributed by atoms with Crippen molar-refractivity contribution < 1.29 is 13.5 Å². The summed E-state index contributed by atoms with van der Waals surface area (Å²) in [4.78, 5) is 0.196. The fraction of sp³-hybridized carbons (Fsp3) is 0.111. The first-order chi connectivity index (χ1) is 11.3. The Labute approximate surface area is 139 Å². The summed E-state index contributed by atoms with van der Waals surface area (Å²) in [5, 5.41) is 13.0. The molecule has 2 heterocycles. The van der Waals surface area contributed by atoms with Crippen LogP contribution in [-0.4, -0.2) is 28.9 Å². The molecule has 2 aromatic carbocycles. The normalized spacial score (nSPS) is 12.2. The van der Waals surface area contributed by atoms with Crippen LogP contribution in [0, 0.1) is 0 Å². The van der Waals surface area contributed by atoms with Gasteiger partial charge in [0.1, 0.15) is 0 Å². The van der Waals surface area contributed by atoms with Gasteiger partial charge in [0.25, 0.3) is 0 Å². The average molecular weight is 340 g/mol. The van der Waals surface area contributed by atoms with Gasteiger partial charge in [0.15, 0.2) is 9.84 Å². The second-order valence-electron chi connectivity index (χ2n) is 6.01. The monoisotopic (exact) mass is 340 g/mol. The minimum Gasteiger partial charge on any atom is -0.494 e. The Hall–Kier alpha value is -2.73. The lowest BCUT2D eigenvalue weighted by Crippen LogP contribution is -1.95. The summed E-state index contributed by atoms with van der Waals surface area (Å²) < 4.78 is 27.1. The zero-order chi connectivity index (χ0) is 17.1. The molecule has 0 spiro atoms. The summed E-state index contributed by atoms with van der Waals surface area (Å²) in [5.41, 5.74) is 1.93. The molecule has 0 unspecified atom stereocenters. The largest absolute Gasteiger partial charge is 0.494 e. The molecule has 1 N–H and O–H groups in total. The zero-order valence-corrected chi connectivity index (χ0v) is 14.1. The Morgan fingerprint density at radius 1 is 1.00 bits per heavy atom. The number of fused-ring (bicyclic) bond motifs is 2. The number of nitrogens with zero attached hydrogens (tertiary/aromatic N) is 2. The summed E-state index contributed by atoms with van der Waals surface area (Å²) in [7, 11) is -1.33. The van der Waals surface area contributed by atoms with Crippen LogP contribution in [0.25, 0.3) is 27.4 Å². The van der Waals surface area contributed by atoms with Crippen molar-refractivity contribution in [3.63, 3.8) is 0 Å². The molecule has 5 nitrogen and oxygen atoms in total. The summed E-state index contributed by atoms with van der Waals surface area (Å²) in [5.74, 6) is 0.0331. The maximum absolute atomic E-state index is 11.7. The number of rotatable bonds is 2. The third-order valence-electron chi connectivity index (χ3n) is 4.34. The van der Waals surface area contributed by atoms with E-state index in [2.05, 4.69) is 0 Å². The van der Waals surface area contributed by atoms with Gasteiger partial charge < -0.3 is 9.67 Å². The molecule has 6 heteroatoms. The Balaban J connectivity index is 1.93. The first-order valence-corrected chi connectivity index (χ1v) is 9.33. The van der Waals surface area contributed by atoms with Gasteiger partial charge in [0.2, 0.25) is 5.88 Å². The van der Waals surface area contributed by atoms with Gasteiger partial charge in [-0.15, -0.1) is 0 Å². The summed E-state index contributed by atoms with van der Waals surface area (Å²) >= 11 is 0. The van der Waals surface area contributed by atoms with Crippen LogP contribution in [0.5, 0.6) is 5.88 Å². The highest BCUT2D eigenvalue weighted by molar-refractivity contribution is 7.90. The van der Waals surface area contributed by atoms with E-state index in [9.17, 15) is 13.5 Å². The second-order valence-corrected chi connectivity index (χ2v) is 8.03. The molecule has 2 aromatic heterocycles. The molecule has 0 aliphatic rings. The van der Waals surface area contributed by atoms with Crippen molar-refractivity contribution in [2.24, 2.45) is 7.05 Å². The van der Waals surface area contributed by atoms with E-state index in [1.807, 2.05) is 42.1 Å². The van der Waals surface area contributed by atoms with Crippen molar-refractivity contribution in [1.82, 2.24) is 9.13 Å². The molecule has 0 saturated heterocycles. The molecule has 4 rings (SSSR count). The van der Waals surface area contributed by atoms with Crippen LogP contribution in [0.1, 0.15) is 0 Å². The highest BCUT2D eigenvalue weighted by Gasteiger charge is 2.14. The van der Waals surface area contributed by atoms with Crippen molar-refractivity contribution in [1.29, 1.82) is 0 Å². The molecule has 0 aliphatic carbocycles. The van der Waals surface area contributed by atoms with Crippen LogP contribution in [0.15, 0.2) is 59.8 Å². The van der Waals surface area contributed by atoms with Gasteiger partial charge in [-0.3, -0.25) is 4.57 Å². The summed E-state index contributed by atoms with van der Waals surface area (Å²) in [6, 6.07) is 12.7. The maximum Gasteiger partial charge on any atom is 0.203 e. The highest BCUT2D eigenvalue weighted by atomic mass is 32.2. The third-order valence-corrected chi connectivity index (χ3v) is 5.45. The van der Waals surface area contributed by atoms with Gasteiger partial charge in [-0.2, -0.15) is 0 Å². The molecule has 0 bridgehead atoms. The molecule has 0 aliphatic heterocycles. The lowest BCUT2D eigenvalue weighted by Gasteiger charge is -2.06. The Morgan fingerprint density at radius 2 is 1.79 bits per heavy atom.